The van der Waals surface area contributed by atoms with E-state index in [1.165, 1.54) is 0 Å². The highest BCUT2D eigenvalue weighted by Gasteiger charge is 2.52. The maximum Gasteiger partial charge on any atom is 0.497 e. The zero-order valence-corrected chi connectivity index (χ0v) is 12.4. The normalized spacial score (nSPS) is 20.4. The summed E-state index contributed by atoms with van der Waals surface area (Å²) in [4.78, 5) is 4.32. The smallest absolute Gasteiger partial charge is 0.399 e. The van der Waals surface area contributed by atoms with Gasteiger partial charge < -0.3 is 9.31 Å². The minimum absolute atomic E-state index is 0.414. The third-order valence-corrected chi connectivity index (χ3v) is 4.22. The van der Waals surface area contributed by atoms with Crippen molar-refractivity contribution in [1.82, 2.24) is 4.98 Å². The predicted octanol–water partition coefficient (Wildman–Crippen LogP) is 1.87. The molecule has 0 aromatic carbocycles. The first-order valence-corrected chi connectivity index (χ1v) is 6.41. The van der Waals surface area contributed by atoms with Crippen LogP contribution in [-0.4, -0.2) is 23.3 Å². The molecule has 2 heterocycles. The van der Waals surface area contributed by atoms with Crippen molar-refractivity contribution >= 4 is 12.6 Å². The minimum Gasteiger partial charge on any atom is -0.399 e. The number of rotatable bonds is 1. The zero-order chi connectivity index (χ0) is 14.4. The van der Waals surface area contributed by atoms with Crippen molar-refractivity contribution in [1.29, 1.82) is 5.26 Å². The largest absolute Gasteiger partial charge is 0.497 e. The van der Waals surface area contributed by atoms with Crippen molar-refractivity contribution in [2.75, 3.05) is 0 Å². The maximum absolute atomic E-state index is 9.36. The molecule has 0 N–H and O–H groups in total. The lowest BCUT2D eigenvalue weighted by Crippen LogP contribution is -2.41. The number of hydrogen-bond acceptors (Lipinski definition) is 4. The molecule has 0 radical (unpaired) electrons. The number of hydrogen-bond donors (Lipinski definition) is 0. The van der Waals surface area contributed by atoms with E-state index >= 15 is 0 Å². The maximum atomic E-state index is 9.36. The molecule has 0 bridgehead atoms. The summed E-state index contributed by atoms with van der Waals surface area (Å²) in [5.41, 5.74) is 2.23. The second kappa shape index (κ2) is 4.33. The van der Waals surface area contributed by atoms with E-state index in [2.05, 4.69) is 11.1 Å². The van der Waals surface area contributed by atoms with Crippen LogP contribution in [0.2, 0.25) is 0 Å². The highest BCUT2D eigenvalue weighted by Crippen LogP contribution is 2.36. The predicted molar refractivity (Wildman–Crippen MR) is 74.1 cm³/mol. The van der Waals surface area contributed by atoms with Crippen molar-refractivity contribution in [3.63, 3.8) is 0 Å². The van der Waals surface area contributed by atoms with E-state index in [0.717, 1.165) is 11.3 Å². The monoisotopic (exact) mass is 258 g/mol. The lowest BCUT2D eigenvalue weighted by molar-refractivity contribution is 0.00578. The molecule has 1 aliphatic heterocycles. The third-order valence-electron chi connectivity index (χ3n) is 4.22. The fourth-order valence-electron chi connectivity index (χ4n) is 2.02. The molecule has 0 spiro atoms. The number of aromatic nitrogens is 1. The molecule has 1 aromatic rings. The zero-order valence-electron chi connectivity index (χ0n) is 12.4. The van der Waals surface area contributed by atoms with Gasteiger partial charge >= 0.3 is 7.12 Å². The molecule has 1 aliphatic rings. The Kier molecular flexibility index (Phi) is 3.20. The summed E-state index contributed by atoms with van der Waals surface area (Å²) in [6.07, 6.45) is 1.68. The van der Waals surface area contributed by atoms with Crippen molar-refractivity contribution in [2.45, 2.75) is 52.7 Å². The van der Waals surface area contributed by atoms with Gasteiger partial charge in [-0.05, 0) is 47.1 Å². The van der Waals surface area contributed by atoms with E-state index in [9.17, 15) is 5.26 Å². The SMILES string of the molecule is Cc1ncc(B2OC(C)(C)C(C)(C)O2)c(C#N)c1C. The van der Waals surface area contributed by atoms with Crippen LogP contribution < -0.4 is 5.46 Å². The van der Waals surface area contributed by atoms with E-state index in [-0.39, 0.29) is 0 Å². The fourth-order valence-corrected chi connectivity index (χ4v) is 2.02. The topological polar surface area (TPSA) is 55.1 Å². The molecule has 0 saturated carbocycles. The van der Waals surface area contributed by atoms with Gasteiger partial charge in [-0.2, -0.15) is 5.26 Å². The highest BCUT2D eigenvalue weighted by atomic mass is 16.7. The summed E-state index contributed by atoms with van der Waals surface area (Å²) in [7, 11) is -0.536. The van der Waals surface area contributed by atoms with Crippen LogP contribution >= 0.6 is 0 Å². The van der Waals surface area contributed by atoms with Gasteiger partial charge in [-0.1, -0.05) is 0 Å². The molecule has 0 aliphatic carbocycles. The van der Waals surface area contributed by atoms with Crippen LogP contribution in [0.3, 0.4) is 0 Å². The molecular weight excluding hydrogens is 239 g/mol. The Bertz CT molecular complexity index is 545. The molecule has 4 nitrogen and oxygen atoms in total. The van der Waals surface area contributed by atoms with Gasteiger partial charge in [-0.25, -0.2) is 0 Å². The fraction of sp³-hybridized carbons (Fsp3) is 0.571. The van der Waals surface area contributed by atoms with E-state index in [1.54, 1.807) is 6.20 Å². The number of pyridine rings is 1. The lowest BCUT2D eigenvalue weighted by Gasteiger charge is -2.32. The molecule has 0 atom stereocenters. The average Bonchev–Trinajstić information content (AvgIpc) is 2.51. The van der Waals surface area contributed by atoms with Gasteiger partial charge in [-0.15, -0.1) is 0 Å². The van der Waals surface area contributed by atoms with Crippen LogP contribution in [0.5, 0.6) is 0 Å². The number of nitriles is 1. The summed E-state index contributed by atoms with van der Waals surface area (Å²) in [5.74, 6) is 0. The molecule has 0 amide bonds. The minimum atomic E-state index is -0.536. The first-order chi connectivity index (χ1) is 8.69. The standard InChI is InChI=1S/C14H19BN2O2/c1-9-10(2)17-8-12(11(9)7-16)15-18-13(3,4)14(5,6)19-15/h8H,1-6H3. The van der Waals surface area contributed by atoms with E-state index < -0.39 is 18.3 Å². The molecule has 5 heteroatoms. The molecular formula is C14H19BN2O2. The van der Waals surface area contributed by atoms with Crippen molar-refractivity contribution in [3.05, 3.63) is 23.0 Å². The summed E-state index contributed by atoms with van der Waals surface area (Å²) >= 11 is 0. The van der Waals surface area contributed by atoms with Crippen molar-refractivity contribution < 1.29 is 9.31 Å². The van der Waals surface area contributed by atoms with Gasteiger partial charge in [0.1, 0.15) is 0 Å². The quantitative estimate of drug-likeness (QED) is 0.721. The summed E-state index contributed by atoms with van der Waals surface area (Å²) < 4.78 is 11.9. The van der Waals surface area contributed by atoms with Crippen molar-refractivity contribution in [3.8, 4) is 6.07 Å². The van der Waals surface area contributed by atoms with E-state index in [4.69, 9.17) is 9.31 Å². The molecule has 0 unspecified atom stereocenters. The Morgan fingerprint density at radius 3 is 2.16 bits per heavy atom. The third kappa shape index (κ3) is 2.15. The van der Waals surface area contributed by atoms with Gasteiger partial charge in [0.2, 0.25) is 0 Å². The summed E-state index contributed by atoms with van der Waals surface area (Å²) in [5, 5.41) is 9.36. The molecule has 1 saturated heterocycles. The lowest BCUT2D eigenvalue weighted by atomic mass is 9.76. The average molecular weight is 258 g/mol. The summed E-state index contributed by atoms with van der Waals surface area (Å²) in [6.45, 7) is 11.8. The van der Waals surface area contributed by atoms with Crippen LogP contribution in [0, 0.1) is 25.2 Å². The number of aryl methyl sites for hydroxylation is 1. The molecule has 19 heavy (non-hydrogen) atoms. The van der Waals surface area contributed by atoms with Crippen LogP contribution in [0.1, 0.15) is 44.5 Å². The first kappa shape index (κ1) is 14.0. The van der Waals surface area contributed by atoms with Gasteiger partial charge in [0.05, 0.1) is 22.8 Å². The Hall–Kier alpha value is -1.38. The van der Waals surface area contributed by atoms with E-state index in [1.807, 2.05) is 41.5 Å². The Labute approximate surface area is 114 Å². The van der Waals surface area contributed by atoms with E-state index in [0.29, 0.717) is 11.0 Å². The van der Waals surface area contributed by atoms with Gasteiger partial charge in [-0.3, -0.25) is 4.98 Å². The van der Waals surface area contributed by atoms with Crippen LogP contribution in [0.15, 0.2) is 6.20 Å². The Morgan fingerprint density at radius 2 is 1.68 bits per heavy atom. The number of nitrogens with zero attached hydrogens (tertiary/aromatic N) is 2. The highest BCUT2D eigenvalue weighted by molar-refractivity contribution is 6.62. The summed E-state index contributed by atoms with van der Waals surface area (Å²) in [6, 6.07) is 2.24. The molecule has 1 fully saturated rings. The van der Waals surface area contributed by atoms with Crippen molar-refractivity contribution in [2.24, 2.45) is 0 Å². The van der Waals surface area contributed by atoms with Gasteiger partial charge in [0.25, 0.3) is 0 Å². The van der Waals surface area contributed by atoms with Crippen LogP contribution in [0.25, 0.3) is 0 Å². The second-order valence-electron chi connectivity index (χ2n) is 6.00. The molecule has 100 valence electrons. The van der Waals surface area contributed by atoms with Gasteiger partial charge in [0, 0.05) is 17.4 Å². The van der Waals surface area contributed by atoms with Gasteiger partial charge in [0.15, 0.2) is 0 Å². The molecule has 2 rings (SSSR count). The van der Waals surface area contributed by atoms with Crippen LogP contribution in [-0.2, 0) is 9.31 Å². The van der Waals surface area contributed by atoms with Crippen LogP contribution in [0.4, 0.5) is 0 Å². The first-order valence-electron chi connectivity index (χ1n) is 6.41. The Balaban J connectivity index is 2.47. The second-order valence-corrected chi connectivity index (χ2v) is 6.00. The Morgan fingerprint density at radius 1 is 1.16 bits per heavy atom. The molecule has 1 aromatic heterocycles.